The molecule has 0 bridgehead atoms. The van der Waals surface area contributed by atoms with Gasteiger partial charge >= 0.3 is 0 Å². The van der Waals surface area contributed by atoms with Crippen LogP contribution in [0.4, 0.5) is 5.95 Å². The van der Waals surface area contributed by atoms with Gasteiger partial charge in [0.25, 0.3) is 0 Å². The highest BCUT2D eigenvalue weighted by atomic mass is 16.2. The molecular formula is C15H25N5O. The van der Waals surface area contributed by atoms with Gasteiger partial charge in [0.2, 0.25) is 11.9 Å². The SMILES string of the molecule is CCc1nnc(NC2CC(=O)N(C(C)(C)C)C2)nc1CC. The Kier molecular flexibility index (Phi) is 4.44. The zero-order chi connectivity index (χ0) is 15.6. The van der Waals surface area contributed by atoms with Gasteiger partial charge in [0.05, 0.1) is 17.4 Å². The van der Waals surface area contributed by atoms with Crippen LogP contribution in [-0.2, 0) is 17.6 Å². The van der Waals surface area contributed by atoms with Crippen LogP contribution in [0.1, 0.15) is 52.4 Å². The number of anilines is 1. The van der Waals surface area contributed by atoms with E-state index in [4.69, 9.17) is 0 Å². The van der Waals surface area contributed by atoms with E-state index < -0.39 is 0 Å². The maximum absolute atomic E-state index is 12.1. The van der Waals surface area contributed by atoms with Crippen molar-refractivity contribution in [2.24, 2.45) is 0 Å². The second-order valence-corrected chi connectivity index (χ2v) is 6.46. The molecule has 116 valence electrons. The molecule has 1 aliphatic rings. The first kappa shape index (κ1) is 15.7. The van der Waals surface area contributed by atoms with Crippen LogP contribution in [0.25, 0.3) is 0 Å². The molecule has 21 heavy (non-hydrogen) atoms. The number of hydrogen-bond acceptors (Lipinski definition) is 5. The number of nitrogens with zero attached hydrogens (tertiary/aromatic N) is 4. The Morgan fingerprint density at radius 3 is 2.38 bits per heavy atom. The second kappa shape index (κ2) is 5.95. The summed E-state index contributed by atoms with van der Waals surface area (Å²) in [6.45, 7) is 11.0. The lowest BCUT2D eigenvalue weighted by Gasteiger charge is -2.32. The summed E-state index contributed by atoms with van der Waals surface area (Å²) in [5, 5.41) is 11.6. The van der Waals surface area contributed by atoms with Gasteiger partial charge in [0.15, 0.2) is 0 Å². The minimum Gasteiger partial charge on any atom is -0.348 e. The summed E-state index contributed by atoms with van der Waals surface area (Å²) < 4.78 is 0. The fourth-order valence-corrected chi connectivity index (χ4v) is 2.63. The molecule has 1 atom stereocenters. The van der Waals surface area contributed by atoms with Gasteiger partial charge in [-0.15, -0.1) is 5.10 Å². The molecule has 0 spiro atoms. The van der Waals surface area contributed by atoms with E-state index in [9.17, 15) is 4.79 Å². The number of aromatic nitrogens is 3. The molecule has 6 heteroatoms. The molecule has 1 aromatic heterocycles. The van der Waals surface area contributed by atoms with E-state index >= 15 is 0 Å². The third-order valence-electron chi connectivity index (χ3n) is 3.78. The third-order valence-corrected chi connectivity index (χ3v) is 3.78. The summed E-state index contributed by atoms with van der Waals surface area (Å²) in [6, 6.07) is 0.0516. The second-order valence-electron chi connectivity index (χ2n) is 6.46. The lowest BCUT2D eigenvalue weighted by Crippen LogP contribution is -2.43. The van der Waals surface area contributed by atoms with E-state index in [1.165, 1.54) is 0 Å². The van der Waals surface area contributed by atoms with E-state index in [2.05, 4.69) is 55.1 Å². The summed E-state index contributed by atoms with van der Waals surface area (Å²) >= 11 is 0. The van der Waals surface area contributed by atoms with Crippen LogP contribution < -0.4 is 5.32 Å². The molecule has 6 nitrogen and oxygen atoms in total. The molecule has 1 aromatic rings. The molecule has 1 amide bonds. The van der Waals surface area contributed by atoms with Crippen LogP contribution in [-0.4, -0.2) is 44.1 Å². The number of carbonyl (C=O) groups is 1. The number of rotatable bonds is 4. The van der Waals surface area contributed by atoms with Crippen LogP contribution in [0.2, 0.25) is 0 Å². The normalized spacial score (nSPS) is 19.2. The minimum atomic E-state index is -0.146. The summed E-state index contributed by atoms with van der Waals surface area (Å²) in [4.78, 5) is 18.5. The van der Waals surface area contributed by atoms with Crippen molar-refractivity contribution in [2.45, 2.75) is 65.5 Å². The molecule has 2 rings (SSSR count). The number of likely N-dealkylation sites (tertiary alicyclic amines) is 1. The zero-order valence-corrected chi connectivity index (χ0v) is 13.6. The Labute approximate surface area is 126 Å². The van der Waals surface area contributed by atoms with Gasteiger partial charge in [-0.05, 0) is 33.6 Å². The van der Waals surface area contributed by atoms with E-state index in [1.54, 1.807) is 0 Å². The van der Waals surface area contributed by atoms with Crippen molar-refractivity contribution in [2.75, 3.05) is 11.9 Å². The number of carbonyl (C=O) groups excluding carboxylic acids is 1. The molecule has 0 radical (unpaired) electrons. The first-order chi connectivity index (χ1) is 9.85. The number of nitrogens with one attached hydrogen (secondary N) is 1. The van der Waals surface area contributed by atoms with Gasteiger partial charge in [0.1, 0.15) is 0 Å². The van der Waals surface area contributed by atoms with Crippen LogP contribution in [0.3, 0.4) is 0 Å². The van der Waals surface area contributed by atoms with Crippen molar-refractivity contribution in [1.82, 2.24) is 20.1 Å². The maximum Gasteiger partial charge on any atom is 0.243 e. The topological polar surface area (TPSA) is 71.0 Å². The largest absolute Gasteiger partial charge is 0.348 e. The molecule has 1 fully saturated rings. The van der Waals surface area contributed by atoms with Crippen molar-refractivity contribution in [3.05, 3.63) is 11.4 Å². The lowest BCUT2D eigenvalue weighted by molar-refractivity contribution is -0.131. The van der Waals surface area contributed by atoms with Crippen molar-refractivity contribution in [1.29, 1.82) is 0 Å². The first-order valence-electron chi connectivity index (χ1n) is 7.64. The van der Waals surface area contributed by atoms with Gasteiger partial charge in [-0.25, -0.2) is 4.98 Å². The average Bonchev–Trinajstić information content (AvgIpc) is 2.79. The predicted molar refractivity (Wildman–Crippen MR) is 82.1 cm³/mol. The van der Waals surface area contributed by atoms with E-state index in [1.807, 2.05) is 4.90 Å². The molecule has 0 aliphatic carbocycles. The lowest BCUT2D eigenvalue weighted by atomic mass is 10.1. The Balaban J connectivity index is 2.08. The molecule has 1 unspecified atom stereocenters. The Bertz CT molecular complexity index is 523. The summed E-state index contributed by atoms with van der Waals surface area (Å²) in [7, 11) is 0. The Morgan fingerprint density at radius 1 is 1.19 bits per heavy atom. The fraction of sp³-hybridized carbons (Fsp3) is 0.733. The molecular weight excluding hydrogens is 266 g/mol. The van der Waals surface area contributed by atoms with Crippen LogP contribution in [0, 0.1) is 0 Å². The van der Waals surface area contributed by atoms with Gasteiger partial charge in [-0.2, -0.15) is 5.10 Å². The highest BCUT2D eigenvalue weighted by Crippen LogP contribution is 2.23. The van der Waals surface area contributed by atoms with E-state index in [-0.39, 0.29) is 17.5 Å². The van der Waals surface area contributed by atoms with Crippen LogP contribution in [0.5, 0.6) is 0 Å². The maximum atomic E-state index is 12.1. The minimum absolute atomic E-state index is 0.0516. The van der Waals surface area contributed by atoms with E-state index in [0.717, 1.165) is 24.2 Å². The van der Waals surface area contributed by atoms with Crippen molar-refractivity contribution in [3.63, 3.8) is 0 Å². The smallest absolute Gasteiger partial charge is 0.243 e. The molecule has 2 heterocycles. The number of amides is 1. The summed E-state index contributed by atoms with van der Waals surface area (Å²) in [5.41, 5.74) is 1.78. The van der Waals surface area contributed by atoms with Crippen molar-refractivity contribution >= 4 is 11.9 Å². The Hall–Kier alpha value is -1.72. The number of hydrogen-bond donors (Lipinski definition) is 1. The highest BCUT2D eigenvalue weighted by molar-refractivity contribution is 5.80. The third kappa shape index (κ3) is 3.49. The van der Waals surface area contributed by atoms with Gasteiger partial charge < -0.3 is 10.2 Å². The quantitative estimate of drug-likeness (QED) is 0.916. The first-order valence-corrected chi connectivity index (χ1v) is 7.64. The summed E-state index contributed by atoms with van der Waals surface area (Å²) in [6.07, 6.45) is 2.16. The van der Waals surface area contributed by atoms with Crippen LogP contribution >= 0.6 is 0 Å². The average molecular weight is 291 g/mol. The van der Waals surface area contributed by atoms with Gasteiger partial charge in [-0.3, -0.25) is 4.79 Å². The molecule has 1 saturated heterocycles. The van der Waals surface area contributed by atoms with Crippen molar-refractivity contribution in [3.8, 4) is 0 Å². The molecule has 0 aromatic carbocycles. The standard InChI is InChI=1S/C15H25N5O/c1-6-11-12(7-2)18-19-14(17-11)16-10-8-13(21)20(9-10)15(3,4)5/h10H,6-9H2,1-5H3,(H,16,17,19). The molecule has 1 N–H and O–H groups in total. The monoisotopic (exact) mass is 291 g/mol. The van der Waals surface area contributed by atoms with Gasteiger partial charge in [-0.1, -0.05) is 13.8 Å². The Morgan fingerprint density at radius 2 is 1.86 bits per heavy atom. The molecule has 1 aliphatic heterocycles. The van der Waals surface area contributed by atoms with E-state index in [0.29, 0.717) is 18.9 Å². The van der Waals surface area contributed by atoms with Crippen LogP contribution in [0.15, 0.2) is 0 Å². The predicted octanol–water partition coefficient (Wildman–Crippen LogP) is 1.81. The van der Waals surface area contributed by atoms with Crippen molar-refractivity contribution < 1.29 is 4.79 Å². The zero-order valence-electron chi connectivity index (χ0n) is 13.6. The van der Waals surface area contributed by atoms with Gasteiger partial charge in [0, 0.05) is 18.5 Å². The molecule has 0 saturated carbocycles. The summed E-state index contributed by atoms with van der Waals surface area (Å²) in [5.74, 6) is 0.700. The number of aryl methyl sites for hydroxylation is 2. The fourth-order valence-electron chi connectivity index (χ4n) is 2.63. The highest BCUT2D eigenvalue weighted by Gasteiger charge is 2.36.